The van der Waals surface area contributed by atoms with Crippen molar-refractivity contribution in [1.82, 2.24) is 4.90 Å². The van der Waals surface area contributed by atoms with Crippen LogP contribution in [-0.2, 0) is 4.79 Å². The SMILES string of the molecule is Cc1ccsc1[C@H]1S[C@H](C)C(=O)N1C(C)C. The smallest absolute Gasteiger partial charge is 0.236 e. The van der Waals surface area contributed by atoms with Gasteiger partial charge in [0.25, 0.3) is 0 Å². The highest BCUT2D eigenvalue weighted by atomic mass is 32.2. The first kappa shape index (κ1) is 12.0. The Labute approximate surface area is 105 Å². The summed E-state index contributed by atoms with van der Waals surface area (Å²) in [5.41, 5.74) is 1.30. The molecule has 0 aromatic carbocycles. The van der Waals surface area contributed by atoms with Crippen LogP contribution in [-0.4, -0.2) is 22.1 Å². The van der Waals surface area contributed by atoms with Gasteiger partial charge in [0.15, 0.2) is 0 Å². The number of aryl methyl sites for hydroxylation is 1. The molecule has 0 spiro atoms. The van der Waals surface area contributed by atoms with E-state index in [1.807, 2.05) is 11.8 Å². The Morgan fingerprint density at radius 2 is 2.12 bits per heavy atom. The van der Waals surface area contributed by atoms with Crippen LogP contribution < -0.4 is 0 Å². The van der Waals surface area contributed by atoms with Crippen molar-refractivity contribution in [1.29, 1.82) is 0 Å². The molecule has 1 aromatic heterocycles. The largest absolute Gasteiger partial charge is 0.322 e. The number of hydrogen-bond acceptors (Lipinski definition) is 3. The van der Waals surface area contributed by atoms with E-state index >= 15 is 0 Å². The molecule has 16 heavy (non-hydrogen) atoms. The minimum absolute atomic E-state index is 0.0916. The molecule has 0 N–H and O–H groups in total. The van der Waals surface area contributed by atoms with Gasteiger partial charge < -0.3 is 4.90 Å². The highest BCUT2D eigenvalue weighted by Crippen LogP contribution is 2.46. The van der Waals surface area contributed by atoms with E-state index in [-0.39, 0.29) is 22.6 Å². The molecule has 0 radical (unpaired) electrons. The Kier molecular flexibility index (Phi) is 3.31. The first-order valence-corrected chi connectivity index (χ1v) is 7.36. The van der Waals surface area contributed by atoms with Crippen LogP contribution in [0, 0.1) is 6.92 Å². The lowest BCUT2D eigenvalue weighted by Crippen LogP contribution is -2.35. The lowest BCUT2D eigenvalue weighted by molar-refractivity contribution is -0.131. The molecular weight excluding hydrogens is 238 g/mol. The Morgan fingerprint density at radius 3 is 2.62 bits per heavy atom. The van der Waals surface area contributed by atoms with Gasteiger partial charge in [0.2, 0.25) is 5.91 Å². The van der Waals surface area contributed by atoms with E-state index < -0.39 is 0 Å². The second kappa shape index (κ2) is 4.41. The standard InChI is InChI=1S/C12H17NOS2/c1-7(2)13-11(14)9(4)16-12(13)10-8(3)5-6-15-10/h5-7,9,12H,1-4H3/t9-,12-/m1/s1. The predicted molar refractivity (Wildman–Crippen MR) is 70.8 cm³/mol. The molecular formula is C12H17NOS2. The molecule has 0 saturated carbocycles. The lowest BCUT2D eigenvalue weighted by Gasteiger charge is -2.27. The van der Waals surface area contributed by atoms with Crippen molar-refractivity contribution in [3.8, 4) is 0 Å². The molecule has 1 aliphatic heterocycles. The van der Waals surface area contributed by atoms with Gasteiger partial charge in [-0.15, -0.1) is 23.1 Å². The molecule has 2 nitrogen and oxygen atoms in total. The van der Waals surface area contributed by atoms with Crippen LogP contribution in [0.4, 0.5) is 0 Å². The van der Waals surface area contributed by atoms with Gasteiger partial charge in [-0.05, 0) is 44.7 Å². The molecule has 1 amide bonds. The number of rotatable bonds is 2. The van der Waals surface area contributed by atoms with Crippen LogP contribution in [0.2, 0.25) is 0 Å². The number of nitrogens with zero attached hydrogens (tertiary/aromatic N) is 1. The highest BCUT2D eigenvalue weighted by Gasteiger charge is 2.40. The zero-order valence-corrected chi connectivity index (χ0v) is 11.7. The monoisotopic (exact) mass is 255 g/mol. The Bertz CT molecular complexity index is 399. The zero-order valence-electron chi connectivity index (χ0n) is 10.1. The number of thiophene rings is 1. The van der Waals surface area contributed by atoms with Gasteiger partial charge in [-0.1, -0.05) is 0 Å². The molecule has 1 fully saturated rings. The van der Waals surface area contributed by atoms with Crippen LogP contribution >= 0.6 is 23.1 Å². The number of amides is 1. The predicted octanol–water partition coefficient (Wildman–Crippen LogP) is 3.43. The molecule has 2 heterocycles. The minimum Gasteiger partial charge on any atom is -0.322 e. The van der Waals surface area contributed by atoms with E-state index in [1.165, 1.54) is 10.4 Å². The summed E-state index contributed by atoms with van der Waals surface area (Å²) >= 11 is 3.53. The van der Waals surface area contributed by atoms with E-state index in [2.05, 4.69) is 32.2 Å². The second-order valence-corrected chi connectivity index (χ2v) is 6.81. The van der Waals surface area contributed by atoms with E-state index in [1.54, 1.807) is 23.1 Å². The summed E-state index contributed by atoms with van der Waals surface area (Å²) in [5.74, 6) is 0.276. The Balaban J connectivity index is 2.34. The maximum Gasteiger partial charge on any atom is 0.236 e. The third-order valence-corrected chi connectivity index (χ3v) is 5.42. The summed E-state index contributed by atoms with van der Waals surface area (Å²) in [6.07, 6.45) is 0. The number of hydrogen-bond donors (Lipinski definition) is 0. The molecule has 88 valence electrons. The fourth-order valence-corrected chi connectivity index (χ4v) is 4.64. The third kappa shape index (κ3) is 1.89. The quantitative estimate of drug-likeness (QED) is 0.807. The van der Waals surface area contributed by atoms with Crippen molar-refractivity contribution in [3.63, 3.8) is 0 Å². The maximum absolute atomic E-state index is 12.1. The third-order valence-electron chi connectivity index (χ3n) is 2.87. The van der Waals surface area contributed by atoms with Gasteiger partial charge >= 0.3 is 0 Å². The van der Waals surface area contributed by atoms with Crippen LogP contribution in [0.25, 0.3) is 0 Å². The molecule has 0 unspecified atom stereocenters. The van der Waals surface area contributed by atoms with Crippen molar-refractivity contribution < 1.29 is 4.79 Å². The Hall–Kier alpha value is -0.480. The zero-order chi connectivity index (χ0) is 11.9. The fraction of sp³-hybridized carbons (Fsp3) is 0.583. The molecule has 0 bridgehead atoms. The van der Waals surface area contributed by atoms with E-state index in [4.69, 9.17) is 0 Å². The first-order valence-electron chi connectivity index (χ1n) is 5.54. The van der Waals surface area contributed by atoms with Crippen LogP contribution in [0.5, 0.6) is 0 Å². The minimum atomic E-state index is 0.0916. The number of carbonyl (C=O) groups excluding carboxylic acids is 1. The molecule has 2 atom stereocenters. The van der Waals surface area contributed by atoms with Gasteiger partial charge in [0.05, 0.1) is 5.25 Å². The van der Waals surface area contributed by atoms with Crippen molar-refractivity contribution in [2.45, 2.75) is 44.4 Å². The second-order valence-electron chi connectivity index (χ2n) is 4.44. The normalized spacial score (nSPS) is 25.8. The van der Waals surface area contributed by atoms with Crippen molar-refractivity contribution >= 4 is 29.0 Å². The average Bonchev–Trinajstić information content (AvgIpc) is 2.72. The maximum atomic E-state index is 12.1. The molecule has 2 rings (SSSR count). The summed E-state index contributed by atoms with van der Waals surface area (Å²) in [7, 11) is 0. The lowest BCUT2D eigenvalue weighted by atomic mass is 10.2. The number of thioether (sulfide) groups is 1. The first-order chi connectivity index (χ1) is 7.52. The van der Waals surface area contributed by atoms with Gasteiger partial charge in [-0.25, -0.2) is 0 Å². The van der Waals surface area contributed by atoms with Gasteiger partial charge in [-0.3, -0.25) is 4.79 Å². The molecule has 1 aromatic rings. The number of carbonyl (C=O) groups is 1. The van der Waals surface area contributed by atoms with Crippen LogP contribution in [0.1, 0.15) is 36.6 Å². The highest BCUT2D eigenvalue weighted by molar-refractivity contribution is 8.01. The van der Waals surface area contributed by atoms with Crippen molar-refractivity contribution in [3.05, 3.63) is 21.9 Å². The summed E-state index contributed by atoms with van der Waals surface area (Å²) in [6, 6.07) is 2.41. The van der Waals surface area contributed by atoms with E-state index in [9.17, 15) is 4.79 Å². The van der Waals surface area contributed by atoms with Gasteiger partial charge in [-0.2, -0.15) is 0 Å². The summed E-state index contributed by atoms with van der Waals surface area (Å²) in [5, 5.41) is 2.42. The Morgan fingerprint density at radius 1 is 1.44 bits per heavy atom. The average molecular weight is 255 g/mol. The molecule has 1 saturated heterocycles. The summed E-state index contributed by atoms with van der Waals surface area (Å²) in [6.45, 7) is 8.31. The molecule has 1 aliphatic rings. The van der Waals surface area contributed by atoms with Crippen LogP contribution in [0.15, 0.2) is 11.4 Å². The fourth-order valence-electron chi connectivity index (χ4n) is 1.99. The van der Waals surface area contributed by atoms with Crippen molar-refractivity contribution in [2.75, 3.05) is 0 Å². The summed E-state index contributed by atoms with van der Waals surface area (Å²) in [4.78, 5) is 15.4. The molecule has 4 heteroatoms. The van der Waals surface area contributed by atoms with Gasteiger partial charge in [0, 0.05) is 10.9 Å². The van der Waals surface area contributed by atoms with Crippen LogP contribution in [0.3, 0.4) is 0 Å². The van der Waals surface area contributed by atoms with Crippen molar-refractivity contribution in [2.24, 2.45) is 0 Å². The topological polar surface area (TPSA) is 20.3 Å². The summed E-state index contributed by atoms with van der Waals surface area (Å²) < 4.78 is 0. The van der Waals surface area contributed by atoms with E-state index in [0.717, 1.165) is 0 Å². The van der Waals surface area contributed by atoms with E-state index in [0.29, 0.717) is 0 Å². The van der Waals surface area contributed by atoms with Gasteiger partial charge in [0.1, 0.15) is 5.37 Å². The molecule has 0 aliphatic carbocycles.